The van der Waals surface area contributed by atoms with Gasteiger partial charge in [0.15, 0.2) is 8.32 Å². The Hall–Kier alpha value is -1.95. The van der Waals surface area contributed by atoms with Gasteiger partial charge >= 0.3 is 5.97 Å². The molecular weight excluding hydrogens is 402 g/mol. The van der Waals surface area contributed by atoms with Gasteiger partial charge in [-0.05, 0) is 62.3 Å². The third-order valence-corrected chi connectivity index (χ3v) is 10.8. The maximum atomic E-state index is 11.9. The molecule has 31 heavy (non-hydrogen) atoms. The number of nitrogens with zero attached hydrogens (tertiary/aromatic N) is 1. The molecule has 0 aliphatic rings. The summed E-state index contributed by atoms with van der Waals surface area (Å²) in [5.74, 6) is -0.275. The molecule has 0 heterocycles. The van der Waals surface area contributed by atoms with E-state index in [0.29, 0.717) is 12.2 Å². The molecule has 0 N–H and O–H groups in total. The predicted octanol–water partition coefficient (Wildman–Crippen LogP) is 6.45. The van der Waals surface area contributed by atoms with Gasteiger partial charge in [0.1, 0.15) is 0 Å². The van der Waals surface area contributed by atoms with Crippen LogP contribution in [0.25, 0.3) is 0 Å². The summed E-state index contributed by atoms with van der Waals surface area (Å²) in [6.45, 7) is 16.7. The molecule has 0 unspecified atom stereocenters. The van der Waals surface area contributed by atoms with E-state index >= 15 is 0 Å². The molecule has 170 valence electrons. The molecule has 0 aliphatic carbocycles. The molecule has 0 amide bonds. The van der Waals surface area contributed by atoms with Gasteiger partial charge in [0, 0.05) is 12.6 Å². The van der Waals surface area contributed by atoms with E-state index in [9.17, 15) is 4.79 Å². The first-order chi connectivity index (χ1) is 14.5. The average Bonchev–Trinajstić information content (AvgIpc) is 2.72. The van der Waals surface area contributed by atoms with Gasteiger partial charge < -0.3 is 9.16 Å². The molecule has 0 saturated heterocycles. The molecule has 0 aliphatic heterocycles. The highest BCUT2D eigenvalue weighted by Crippen LogP contribution is 2.41. The topological polar surface area (TPSA) is 38.8 Å². The molecule has 2 aromatic carbocycles. The molecule has 5 heteroatoms. The van der Waals surface area contributed by atoms with Crippen molar-refractivity contribution in [2.24, 2.45) is 0 Å². The fourth-order valence-corrected chi connectivity index (χ4v) is 4.53. The Morgan fingerprint density at radius 1 is 1.03 bits per heavy atom. The van der Waals surface area contributed by atoms with Crippen LogP contribution in [0.3, 0.4) is 0 Å². The van der Waals surface area contributed by atoms with Crippen molar-refractivity contribution in [3.8, 4) is 0 Å². The normalized spacial score (nSPS) is 14.4. The van der Waals surface area contributed by atoms with Crippen molar-refractivity contribution in [1.29, 1.82) is 0 Å². The second kappa shape index (κ2) is 10.6. The minimum absolute atomic E-state index is 0.00843. The number of ether oxygens (including phenoxy) is 1. The van der Waals surface area contributed by atoms with Crippen LogP contribution in [0, 0.1) is 0 Å². The van der Waals surface area contributed by atoms with Gasteiger partial charge in [0.2, 0.25) is 0 Å². The third kappa shape index (κ3) is 6.76. The second-order valence-corrected chi connectivity index (χ2v) is 14.5. The zero-order valence-corrected chi connectivity index (χ0v) is 21.4. The van der Waals surface area contributed by atoms with Crippen LogP contribution in [0.1, 0.15) is 62.2 Å². The van der Waals surface area contributed by atoms with E-state index in [4.69, 9.17) is 9.16 Å². The van der Waals surface area contributed by atoms with Gasteiger partial charge in [-0.2, -0.15) is 0 Å². The van der Waals surface area contributed by atoms with Crippen LogP contribution in [-0.2, 0) is 15.7 Å². The van der Waals surface area contributed by atoms with Crippen LogP contribution < -0.4 is 0 Å². The molecule has 0 fully saturated rings. The lowest BCUT2D eigenvalue weighted by Gasteiger charge is -2.43. The molecule has 0 spiro atoms. The number of carbonyl (C=O) groups excluding carboxylic acids is 1. The Kier molecular flexibility index (Phi) is 8.63. The second-order valence-electron chi connectivity index (χ2n) is 9.78. The highest BCUT2D eigenvalue weighted by molar-refractivity contribution is 6.74. The SMILES string of the molecule is CCOC(=O)c1ccc(CN(C)[C@H](C)[C@@H](O[Si](C)(C)C(C)(C)C)c2ccccc2)cc1. The lowest BCUT2D eigenvalue weighted by atomic mass is 10.0. The van der Waals surface area contributed by atoms with Gasteiger partial charge in [0.05, 0.1) is 18.3 Å². The van der Waals surface area contributed by atoms with Crippen molar-refractivity contribution in [2.75, 3.05) is 13.7 Å². The van der Waals surface area contributed by atoms with E-state index in [-0.39, 0.29) is 23.2 Å². The number of benzene rings is 2. The highest BCUT2D eigenvalue weighted by Gasteiger charge is 2.41. The minimum Gasteiger partial charge on any atom is -0.462 e. The fourth-order valence-electron chi connectivity index (χ4n) is 3.21. The molecule has 4 nitrogen and oxygen atoms in total. The van der Waals surface area contributed by atoms with E-state index in [2.05, 4.69) is 77.0 Å². The summed E-state index contributed by atoms with van der Waals surface area (Å²) in [4.78, 5) is 14.2. The Bertz CT molecular complexity index is 828. The Labute approximate surface area is 189 Å². The van der Waals surface area contributed by atoms with Gasteiger partial charge in [-0.3, -0.25) is 4.90 Å². The quantitative estimate of drug-likeness (QED) is 0.331. The van der Waals surface area contributed by atoms with Crippen LogP contribution in [0.2, 0.25) is 18.1 Å². The number of esters is 1. The smallest absolute Gasteiger partial charge is 0.338 e. The maximum Gasteiger partial charge on any atom is 0.338 e. The van der Waals surface area contributed by atoms with E-state index in [1.807, 2.05) is 37.3 Å². The van der Waals surface area contributed by atoms with E-state index in [1.165, 1.54) is 5.56 Å². The van der Waals surface area contributed by atoms with Crippen LogP contribution in [0.5, 0.6) is 0 Å². The first kappa shape index (κ1) is 25.3. The number of carbonyl (C=O) groups is 1. The minimum atomic E-state index is -1.96. The van der Waals surface area contributed by atoms with Crippen LogP contribution >= 0.6 is 0 Å². The number of hydrogen-bond donors (Lipinski definition) is 0. The highest BCUT2D eigenvalue weighted by atomic mass is 28.4. The summed E-state index contributed by atoms with van der Waals surface area (Å²) in [6.07, 6.45) is -0.00843. The van der Waals surface area contributed by atoms with Crippen molar-refractivity contribution >= 4 is 14.3 Å². The van der Waals surface area contributed by atoms with Gasteiger partial charge in [-0.1, -0.05) is 63.2 Å². The van der Waals surface area contributed by atoms with Crippen molar-refractivity contribution in [3.63, 3.8) is 0 Å². The van der Waals surface area contributed by atoms with Gasteiger partial charge in [0.25, 0.3) is 0 Å². The first-order valence-electron chi connectivity index (χ1n) is 11.2. The molecule has 2 rings (SSSR count). The molecular formula is C26H39NO3Si. The fraction of sp³-hybridized carbons (Fsp3) is 0.500. The van der Waals surface area contributed by atoms with Gasteiger partial charge in [-0.25, -0.2) is 4.79 Å². The first-order valence-corrected chi connectivity index (χ1v) is 14.1. The summed E-state index contributed by atoms with van der Waals surface area (Å²) < 4.78 is 12.0. The lowest BCUT2D eigenvalue weighted by Crippen LogP contribution is -2.46. The summed E-state index contributed by atoms with van der Waals surface area (Å²) >= 11 is 0. The zero-order valence-electron chi connectivity index (χ0n) is 20.4. The standard InChI is InChI=1S/C26H39NO3Si/c1-9-29-25(28)23-17-15-21(16-18-23)19-27(6)20(2)24(22-13-11-10-12-14-22)30-31(7,8)26(3,4)5/h10-18,20,24H,9,19H2,1-8H3/t20-,24-/m1/s1. The third-order valence-electron chi connectivity index (χ3n) is 6.39. The molecule has 0 bridgehead atoms. The Morgan fingerprint density at radius 2 is 1.61 bits per heavy atom. The molecule has 2 aromatic rings. The van der Waals surface area contributed by atoms with E-state index in [0.717, 1.165) is 12.1 Å². The molecule has 0 aromatic heterocycles. The monoisotopic (exact) mass is 441 g/mol. The Balaban J connectivity index is 2.20. The lowest BCUT2D eigenvalue weighted by molar-refractivity contribution is 0.0526. The summed E-state index contributed by atoms with van der Waals surface area (Å²) in [5.41, 5.74) is 2.95. The van der Waals surface area contributed by atoms with Crippen LogP contribution in [0.15, 0.2) is 54.6 Å². The summed E-state index contributed by atoms with van der Waals surface area (Å²) in [7, 11) is 0.176. The largest absolute Gasteiger partial charge is 0.462 e. The zero-order chi connectivity index (χ0) is 23.2. The van der Waals surface area contributed by atoms with Gasteiger partial charge in [-0.15, -0.1) is 0 Å². The molecule has 2 atom stereocenters. The van der Waals surface area contributed by atoms with Crippen molar-refractivity contribution < 1.29 is 14.0 Å². The summed E-state index contributed by atoms with van der Waals surface area (Å²) in [5, 5.41) is 0.140. The van der Waals surface area contributed by atoms with Crippen LogP contribution in [0.4, 0.5) is 0 Å². The van der Waals surface area contributed by atoms with Crippen molar-refractivity contribution in [2.45, 2.75) is 71.4 Å². The number of rotatable bonds is 9. The predicted molar refractivity (Wildman–Crippen MR) is 131 cm³/mol. The van der Waals surface area contributed by atoms with E-state index < -0.39 is 8.32 Å². The summed E-state index contributed by atoms with van der Waals surface area (Å²) in [6, 6.07) is 18.4. The maximum absolute atomic E-state index is 11.9. The Morgan fingerprint density at radius 3 is 2.13 bits per heavy atom. The number of likely N-dealkylation sites (N-methyl/N-ethyl adjacent to an activating group) is 1. The van der Waals surface area contributed by atoms with Crippen molar-refractivity contribution in [1.82, 2.24) is 4.90 Å². The number of hydrogen-bond acceptors (Lipinski definition) is 4. The molecule has 0 saturated carbocycles. The van der Waals surface area contributed by atoms with Crippen LogP contribution in [-0.4, -0.2) is 38.9 Å². The molecule has 0 radical (unpaired) electrons. The van der Waals surface area contributed by atoms with Crippen molar-refractivity contribution in [3.05, 3.63) is 71.3 Å². The average molecular weight is 442 g/mol. The van der Waals surface area contributed by atoms with E-state index in [1.54, 1.807) is 0 Å².